The molecule has 0 spiro atoms. The predicted molar refractivity (Wildman–Crippen MR) is 91.7 cm³/mol. The Bertz CT molecular complexity index is 485. The minimum absolute atomic E-state index is 0. The largest absolute Gasteiger partial charge is 0.496 e. The zero-order valence-corrected chi connectivity index (χ0v) is 14.2. The van der Waals surface area contributed by atoms with Crippen molar-refractivity contribution in [1.29, 1.82) is 0 Å². The number of rotatable bonds is 6. The van der Waals surface area contributed by atoms with Crippen LogP contribution >= 0.6 is 12.4 Å². The third-order valence-corrected chi connectivity index (χ3v) is 4.37. The molecule has 4 nitrogen and oxygen atoms in total. The molecule has 3 N–H and O–H groups in total. The molecule has 124 valence electrons. The van der Waals surface area contributed by atoms with Gasteiger partial charge in [0.25, 0.3) is 0 Å². The van der Waals surface area contributed by atoms with Gasteiger partial charge in [0.1, 0.15) is 5.75 Å². The van der Waals surface area contributed by atoms with Crippen molar-refractivity contribution >= 4 is 18.3 Å². The highest BCUT2D eigenvalue weighted by atomic mass is 35.5. The molecular formula is C17H27ClN2O2. The van der Waals surface area contributed by atoms with E-state index < -0.39 is 0 Å². The average molecular weight is 327 g/mol. The van der Waals surface area contributed by atoms with Crippen LogP contribution in [0.4, 0.5) is 0 Å². The van der Waals surface area contributed by atoms with Crippen LogP contribution in [0.15, 0.2) is 24.3 Å². The molecule has 1 unspecified atom stereocenters. The normalized spacial score (nSPS) is 17.4. The molecule has 1 atom stereocenters. The third kappa shape index (κ3) is 4.37. The Morgan fingerprint density at radius 2 is 2.00 bits per heavy atom. The van der Waals surface area contributed by atoms with Gasteiger partial charge in [-0.15, -0.1) is 12.4 Å². The van der Waals surface area contributed by atoms with Crippen molar-refractivity contribution in [2.24, 2.45) is 5.73 Å². The first kappa shape index (κ1) is 18.8. The molecule has 1 aliphatic rings. The minimum atomic E-state index is -0.101. The van der Waals surface area contributed by atoms with Gasteiger partial charge in [-0.3, -0.25) is 4.79 Å². The molecule has 1 aliphatic carbocycles. The van der Waals surface area contributed by atoms with Crippen LogP contribution in [0.25, 0.3) is 0 Å². The zero-order chi connectivity index (χ0) is 15.3. The molecule has 0 saturated heterocycles. The third-order valence-electron chi connectivity index (χ3n) is 4.37. The van der Waals surface area contributed by atoms with Gasteiger partial charge in [-0.2, -0.15) is 0 Å². The number of carbonyl (C=O) groups excluding carboxylic acids is 1. The lowest BCUT2D eigenvalue weighted by Gasteiger charge is -2.31. The fraction of sp³-hybridized carbons (Fsp3) is 0.588. The Morgan fingerprint density at radius 1 is 1.36 bits per heavy atom. The Hall–Kier alpha value is -1.26. The van der Waals surface area contributed by atoms with E-state index in [4.69, 9.17) is 10.5 Å². The lowest BCUT2D eigenvalue weighted by molar-refractivity contribution is -0.121. The summed E-state index contributed by atoms with van der Waals surface area (Å²) in [5, 5.41) is 3.07. The fourth-order valence-corrected chi connectivity index (χ4v) is 3.31. The molecule has 1 aromatic carbocycles. The summed E-state index contributed by atoms with van der Waals surface area (Å²) in [4.78, 5) is 11.9. The van der Waals surface area contributed by atoms with Gasteiger partial charge in [0.2, 0.25) is 5.91 Å². The number of hydrogen-bond donors (Lipinski definition) is 2. The number of carbonyl (C=O) groups is 1. The van der Waals surface area contributed by atoms with Crippen LogP contribution in [0, 0.1) is 0 Å². The Morgan fingerprint density at radius 3 is 2.59 bits per heavy atom. The summed E-state index contributed by atoms with van der Waals surface area (Å²) in [7, 11) is 1.70. The van der Waals surface area contributed by atoms with Crippen molar-refractivity contribution < 1.29 is 9.53 Å². The van der Waals surface area contributed by atoms with E-state index in [1.807, 2.05) is 25.1 Å². The standard InChI is InChI=1S/C17H26N2O2.ClH/c1-13(18)11-16(20)19-12-17(9-5-6-10-17)14-7-3-4-8-15(14)21-2;/h3-4,7-8,13H,5-6,9-12,18H2,1-2H3,(H,19,20);1H. The van der Waals surface area contributed by atoms with Crippen molar-refractivity contribution in [3.8, 4) is 5.75 Å². The maximum atomic E-state index is 11.9. The maximum Gasteiger partial charge on any atom is 0.221 e. The molecule has 2 rings (SSSR count). The molecular weight excluding hydrogens is 300 g/mol. The highest BCUT2D eigenvalue weighted by Crippen LogP contribution is 2.44. The Labute approximate surface area is 139 Å². The molecule has 1 amide bonds. The van der Waals surface area contributed by atoms with Crippen LogP contribution in [-0.2, 0) is 10.2 Å². The molecule has 1 saturated carbocycles. The molecule has 1 aromatic rings. The first-order valence-electron chi connectivity index (χ1n) is 7.73. The number of benzene rings is 1. The number of ether oxygens (including phenoxy) is 1. The van der Waals surface area contributed by atoms with Crippen LogP contribution in [0.3, 0.4) is 0 Å². The molecule has 0 heterocycles. The number of methoxy groups -OCH3 is 1. The lowest BCUT2D eigenvalue weighted by Crippen LogP contribution is -2.40. The molecule has 5 heteroatoms. The number of nitrogens with one attached hydrogen (secondary N) is 1. The molecule has 1 fully saturated rings. The summed E-state index contributed by atoms with van der Waals surface area (Å²) in [6.07, 6.45) is 4.95. The number of amides is 1. The van der Waals surface area contributed by atoms with Crippen molar-refractivity contribution in [1.82, 2.24) is 5.32 Å². The summed E-state index contributed by atoms with van der Waals surface area (Å²) in [6.45, 7) is 2.52. The van der Waals surface area contributed by atoms with Crippen molar-refractivity contribution in [3.63, 3.8) is 0 Å². The lowest BCUT2D eigenvalue weighted by atomic mass is 9.78. The van der Waals surface area contributed by atoms with Gasteiger partial charge in [-0.25, -0.2) is 0 Å². The van der Waals surface area contributed by atoms with Gasteiger partial charge < -0.3 is 15.8 Å². The first-order chi connectivity index (χ1) is 10.1. The van der Waals surface area contributed by atoms with E-state index in [2.05, 4.69) is 11.4 Å². The smallest absolute Gasteiger partial charge is 0.221 e. The molecule has 0 bridgehead atoms. The van der Waals surface area contributed by atoms with Crippen molar-refractivity contribution in [2.75, 3.05) is 13.7 Å². The quantitative estimate of drug-likeness (QED) is 0.845. The van der Waals surface area contributed by atoms with E-state index in [0.717, 1.165) is 18.6 Å². The van der Waals surface area contributed by atoms with Crippen LogP contribution in [0.1, 0.15) is 44.6 Å². The van der Waals surface area contributed by atoms with E-state index in [-0.39, 0.29) is 29.8 Å². The molecule has 0 aliphatic heterocycles. The molecule has 0 radical (unpaired) electrons. The van der Waals surface area contributed by atoms with Crippen molar-refractivity contribution in [2.45, 2.75) is 50.5 Å². The fourth-order valence-electron chi connectivity index (χ4n) is 3.31. The highest BCUT2D eigenvalue weighted by Gasteiger charge is 2.37. The number of nitrogens with two attached hydrogens (primary N) is 1. The van der Waals surface area contributed by atoms with Gasteiger partial charge in [-0.05, 0) is 25.8 Å². The second-order valence-corrected chi connectivity index (χ2v) is 6.15. The van der Waals surface area contributed by atoms with Gasteiger partial charge in [0.05, 0.1) is 7.11 Å². The Balaban J connectivity index is 0.00000242. The molecule has 0 aromatic heterocycles. The average Bonchev–Trinajstić information content (AvgIpc) is 2.94. The molecule has 22 heavy (non-hydrogen) atoms. The highest BCUT2D eigenvalue weighted by molar-refractivity contribution is 5.85. The first-order valence-corrected chi connectivity index (χ1v) is 7.73. The van der Waals surface area contributed by atoms with Crippen LogP contribution in [0.5, 0.6) is 5.75 Å². The van der Waals surface area contributed by atoms with Gasteiger partial charge in [-0.1, -0.05) is 31.0 Å². The van der Waals surface area contributed by atoms with Crippen LogP contribution < -0.4 is 15.8 Å². The minimum Gasteiger partial charge on any atom is -0.496 e. The SMILES string of the molecule is COc1ccccc1C1(CNC(=O)CC(C)N)CCCC1.Cl. The summed E-state index contributed by atoms with van der Waals surface area (Å²) < 4.78 is 5.52. The van der Waals surface area contributed by atoms with E-state index in [0.29, 0.717) is 13.0 Å². The van der Waals surface area contributed by atoms with E-state index in [1.165, 1.54) is 18.4 Å². The number of hydrogen-bond acceptors (Lipinski definition) is 3. The monoisotopic (exact) mass is 326 g/mol. The van der Waals surface area contributed by atoms with Gasteiger partial charge in [0, 0.05) is 30.0 Å². The number of halogens is 1. The second-order valence-electron chi connectivity index (χ2n) is 6.15. The van der Waals surface area contributed by atoms with E-state index in [1.54, 1.807) is 7.11 Å². The second kappa shape index (κ2) is 8.39. The Kier molecular flexibility index (Phi) is 7.17. The van der Waals surface area contributed by atoms with Crippen molar-refractivity contribution in [3.05, 3.63) is 29.8 Å². The predicted octanol–water partition coefficient (Wildman–Crippen LogP) is 2.78. The maximum absolute atomic E-state index is 11.9. The zero-order valence-electron chi connectivity index (χ0n) is 13.4. The van der Waals surface area contributed by atoms with Gasteiger partial charge >= 0.3 is 0 Å². The summed E-state index contributed by atoms with van der Waals surface area (Å²) in [6, 6.07) is 8.05. The van der Waals surface area contributed by atoms with E-state index >= 15 is 0 Å². The van der Waals surface area contributed by atoms with Gasteiger partial charge in [0.15, 0.2) is 0 Å². The van der Waals surface area contributed by atoms with Crippen LogP contribution in [0.2, 0.25) is 0 Å². The van der Waals surface area contributed by atoms with E-state index in [9.17, 15) is 4.79 Å². The topological polar surface area (TPSA) is 64.3 Å². The summed E-state index contributed by atoms with van der Waals surface area (Å²) in [5.41, 5.74) is 6.90. The van der Waals surface area contributed by atoms with Crippen LogP contribution in [-0.4, -0.2) is 25.6 Å². The summed E-state index contributed by atoms with van der Waals surface area (Å²) >= 11 is 0. The summed E-state index contributed by atoms with van der Waals surface area (Å²) in [5.74, 6) is 0.951. The number of para-hydroxylation sites is 1.